The van der Waals surface area contributed by atoms with Gasteiger partial charge < -0.3 is 9.15 Å². The molecule has 4 aromatic rings. The molecule has 0 aliphatic heterocycles. The number of halogens is 2. The molecule has 1 aromatic heterocycles. The third-order valence-electron chi connectivity index (χ3n) is 4.70. The van der Waals surface area contributed by atoms with Gasteiger partial charge in [-0.05, 0) is 60.9 Å². The third kappa shape index (κ3) is 3.89. The third-order valence-corrected chi connectivity index (χ3v) is 5.28. The molecule has 0 saturated heterocycles. The summed E-state index contributed by atoms with van der Waals surface area (Å²) in [6.07, 6.45) is 0. The fourth-order valence-corrected chi connectivity index (χ4v) is 3.67. The van der Waals surface area contributed by atoms with E-state index in [2.05, 4.69) is 0 Å². The number of hydrogen-bond acceptors (Lipinski definition) is 3. The highest BCUT2D eigenvalue weighted by molar-refractivity contribution is 6.33. The van der Waals surface area contributed by atoms with Crippen molar-refractivity contribution in [3.8, 4) is 17.1 Å². The van der Waals surface area contributed by atoms with Gasteiger partial charge in [-0.25, -0.2) is 0 Å². The topological polar surface area (TPSA) is 39.4 Å². The summed E-state index contributed by atoms with van der Waals surface area (Å²) in [6.45, 7) is 4.07. The number of ether oxygens (including phenoxy) is 1. The highest BCUT2D eigenvalue weighted by atomic mass is 35.5. The molecule has 0 aliphatic rings. The van der Waals surface area contributed by atoms with Crippen LogP contribution in [-0.2, 0) is 6.61 Å². The SMILES string of the molecule is Cc1cc(C)c2oc(-c3ccccc3Cl)c(OCc3ccc(Cl)cc3)c(=O)c2c1. The number of aryl methyl sites for hydroxylation is 2. The van der Waals surface area contributed by atoms with Crippen LogP contribution >= 0.6 is 23.2 Å². The van der Waals surface area contributed by atoms with Crippen molar-refractivity contribution in [2.45, 2.75) is 20.5 Å². The molecule has 0 atom stereocenters. The molecular formula is C24H18Cl2O3. The molecule has 0 unspecified atom stereocenters. The minimum absolute atomic E-state index is 0.144. The van der Waals surface area contributed by atoms with Crippen LogP contribution in [0.5, 0.6) is 5.75 Å². The van der Waals surface area contributed by atoms with Crippen molar-refractivity contribution < 1.29 is 9.15 Å². The van der Waals surface area contributed by atoms with Crippen LogP contribution in [0.1, 0.15) is 16.7 Å². The van der Waals surface area contributed by atoms with Gasteiger partial charge in [-0.15, -0.1) is 0 Å². The maximum atomic E-state index is 13.4. The molecule has 0 fully saturated rings. The number of rotatable bonds is 4. The molecule has 5 heteroatoms. The lowest BCUT2D eigenvalue weighted by Gasteiger charge is -2.14. The van der Waals surface area contributed by atoms with Crippen molar-refractivity contribution in [3.05, 3.63) is 97.6 Å². The quantitative estimate of drug-likeness (QED) is 0.355. The number of hydrogen-bond donors (Lipinski definition) is 0. The Bertz CT molecular complexity index is 1260. The minimum atomic E-state index is -0.220. The van der Waals surface area contributed by atoms with Gasteiger partial charge in [-0.1, -0.05) is 53.5 Å². The zero-order valence-corrected chi connectivity index (χ0v) is 17.5. The van der Waals surface area contributed by atoms with Gasteiger partial charge in [0, 0.05) is 10.6 Å². The van der Waals surface area contributed by atoms with E-state index in [0.717, 1.165) is 16.7 Å². The monoisotopic (exact) mass is 424 g/mol. The second-order valence-electron chi connectivity index (χ2n) is 6.94. The predicted octanol–water partition coefficient (Wildman–Crippen LogP) is 6.96. The Hall–Kier alpha value is -2.75. The van der Waals surface area contributed by atoms with Crippen molar-refractivity contribution in [2.75, 3.05) is 0 Å². The second-order valence-corrected chi connectivity index (χ2v) is 7.79. The van der Waals surface area contributed by atoms with E-state index in [1.807, 2.05) is 56.3 Å². The molecule has 0 aliphatic carbocycles. The van der Waals surface area contributed by atoms with Gasteiger partial charge in [-0.3, -0.25) is 4.79 Å². The van der Waals surface area contributed by atoms with Gasteiger partial charge in [0.25, 0.3) is 0 Å². The Labute approximate surface area is 178 Å². The van der Waals surface area contributed by atoms with Crippen molar-refractivity contribution in [1.29, 1.82) is 0 Å². The van der Waals surface area contributed by atoms with Gasteiger partial charge in [0.15, 0.2) is 5.76 Å². The Morgan fingerprint density at radius 1 is 0.966 bits per heavy atom. The largest absolute Gasteiger partial charge is 0.481 e. The first-order chi connectivity index (χ1) is 13.9. The Kier molecular flexibility index (Phi) is 5.35. The summed E-state index contributed by atoms with van der Waals surface area (Å²) in [6, 6.07) is 18.3. The van der Waals surface area contributed by atoms with Gasteiger partial charge in [0.1, 0.15) is 12.2 Å². The predicted molar refractivity (Wildman–Crippen MR) is 118 cm³/mol. The molecule has 29 heavy (non-hydrogen) atoms. The fourth-order valence-electron chi connectivity index (χ4n) is 3.32. The zero-order valence-electron chi connectivity index (χ0n) is 16.0. The summed E-state index contributed by atoms with van der Waals surface area (Å²) in [7, 11) is 0. The molecule has 0 saturated carbocycles. The van der Waals surface area contributed by atoms with Crippen molar-refractivity contribution in [1.82, 2.24) is 0 Å². The molecule has 4 rings (SSSR count). The van der Waals surface area contributed by atoms with E-state index < -0.39 is 0 Å². The highest BCUT2D eigenvalue weighted by Crippen LogP contribution is 2.36. The smallest absolute Gasteiger partial charge is 0.235 e. The second kappa shape index (κ2) is 7.94. The van der Waals surface area contributed by atoms with E-state index in [1.54, 1.807) is 18.2 Å². The van der Waals surface area contributed by atoms with Crippen molar-refractivity contribution in [3.63, 3.8) is 0 Å². The summed E-state index contributed by atoms with van der Waals surface area (Å²) in [5.41, 5.74) is 3.68. The maximum Gasteiger partial charge on any atom is 0.235 e. The van der Waals surface area contributed by atoms with Crippen LogP contribution in [0, 0.1) is 13.8 Å². The van der Waals surface area contributed by atoms with Crippen LogP contribution in [-0.4, -0.2) is 0 Å². The normalized spacial score (nSPS) is 11.0. The first-order valence-electron chi connectivity index (χ1n) is 9.14. The van der Waals surface area contributed by atoms with E-state index in [0.29, 0.717) is 32.3 Å². The summed E-state index contributed by atoms with van der Waals surface area (Å²) >= 11 is 12.4. The molecule has 0 spiro atoms. The van der Waals surface area contributed by atoms with Crippen LogP contribution in [0.25, 0.3) is 22.3 Å². The van der Waals surface area contributed by atoms with Crippen LogP contribution in [0.4, 0.5) is 0 Å². The van der Waals surface area contributed by atoms with E-state index in [1.165, 1.54) is 0 Å². The lowest BCUT2D eigenvalue weighted by molar-refractivity contribution is 0.298. The molecule has 0 bridgehead atoms. The molecule has 3 aromatic carbocycles. The van der Waals surface area contributed by atoms with Crippen LogP contribution in [0.2, 0.25) is 10.0 Å². The standard InChI is InChI=1S/C24H18Cl2O3/c1-14-11-15(2)22-19(12-14)21(27)24(28-13-16-7-9-17(25)10-8-16)23(29-22)18-5-3-4-6-20(18)26/h3-12H,13H2,1-2H3. The van der Waals surface area contributed by atoms with Gasteiger partial charge >= 0.3 is 0 Å². The zero-order chi connectivity index (χ0) is 20.5. The van der Waals surface area contributed by atoms with Gasteiger partial charge in [-0.2, -0.15) is 0 Å². The molecule has 1 heterocycles. The van der Waals surface area contributed by atoms with E-state index in [4.69, 9.17) is 32.4 Å². The highest BCUT2D eigenvalue weighted by Gasteiger charge is 2.20. The average molecular weight is 425 g/mol. The molecule has 0 amide bonds. The van der Waals surface area contributed by atoms with Crippen molar-refractivity contribution >= 4 is 34.2 Å². The number of fused-ring (bicyclic) bond motifs is 1. The fraction of sp³-hybridized carbons (Fsp3) is 0.125. The molecule has 146 valence electrons. The molecular weight excluding hydrogens is 407 g/mol. The van der Waals surface area contributed by atoms with E-state index in [9.17, 15) is 4.79 Å². The summed E-state index contributed by atoms with van der Waals surface area (Å²) in [4.78, 5) is 13.4. The summed E-state index contributed by atoms with van der Waals surface area (Å²) in [5.74, 6) is 0.472. The van der Waals surface area contributed by atoms with E-state index >= 15 is 0 Å². The Morgan fingerprint density at radius 2 is 1.69 bits per heavy atom. The van der Waals surface area contributed by atoms with Crippen LogP contribution in [0.15, 0.2) is 69.9 Å². The van der Waals surface area contributed by atoms with Crippen LogP contribution in [0.3, 0.4) is 0 Å². The lowest BCUT2D eigenvalue weighted by Crippen LogP contribution is -2.11. The minimum Gasteiger partial charge on any atom is -0.481 e. The van der Waals surface area contributed by atoms with Gasteiger partial charge in [0.05, 0.1) is 10.4 Å². The summed E-state index contributed by atoms with van der Waals surface area (Å²) < 4.78 is 12.2. The Morgan fingerprint density at radius 3 is 2.41 bits per heavy atom. The molecule has 0 N–H and O–H groups in total. The first-order valence-corrected chi connectivity index (χ1v) is 9.90. The van der Waals surface area contributed by atoms with Crippen molar-refractivity contribution in [2.24, 2.45) is 0 Å². The maximum absolute atomic E-state index is 13.4. The molecule has 3 nitrogen and oxygen atoms in total. The lowest BCUT2D eigenvalue weighted by atomic mass is 10.1. The summed E-state index contributed by atoms with van der Waals surface area (Å²) in [5, 5.41) is 1.61. The molecule has 0 radical (unpaired) electrons. The van der Waals surface area contributed by atoms with Gasteiger partial charge in [0.2, 0.25) is 11.2 Å². The Balaban J connectivity index is 1.91. The van der Waals surface area contributed by atoms with Crippen LogP contribution < -0.4 is 10.2 Å². The average Bonchev–Trinajstić information content (AvgIpc) is 2.69. The first kappa shape index (κ1) is 19.6. The van der Waals surface area contributed by atoms with E-state index in [-0.39, 0.29) is 17.8 Å². The number of benzene rings is 3.